The molecule has 4 aromatic rings. The number of anilines is 1. The van der Waals surface area contributed by atoms with Crippen molar-refractivity contribution in [1.82, 2.24) is 9.88 Å². The maximum absolute atomic E-state index is 13.3. The van der Waals surface area contributed by atoms with Crippen molar-refractivity contribution in [3.8, 4) is 5.75 Å². The van der Waals surface area contributed by atoms with Crippen molar-refractivity contribution in [3.05, 3.63) is 95.1 Å². The summed E-state index contributed by atoms with van der Waals surface area (Å²) >= 11 is 4.74. The number of fused-ring (bicyclic) bond motifs is 1. The van der Waals surface area contributed by atoms with Gasteiger partial charge in [0.2, 0.25) is 4.90 Å². The van der Waals surface area contributed by atoms with Crippen LogP contribution in [0.25, 0.3) is 10.9 Å². The summed E-state index contributed by atoms with van der Waals surface area (Å²) in [6.45, 7) is 0.754. The second-order valence-electron chi connectivity index (χ2n) is 8.92. The summed E-state index contributed by atoms with van der Waals surface area (Å²) in [5, 5.41) is 12.6. The van der Waals surface area contributed by atoms with E-state index in [4.69, 9.17) is 16.3 Å². The Hall–Kier alpha value is -3.30. The van der Waals surface area contributed by atoms with E-state index >= 15 is 0 Å². The quantitative estimate of drug-likeness (QED) is 0.331. The average Bonchev–Trinajstić information content (AvgIpc) is 2.93. The summed E-state index contributed by atoms with van der Waals surface area (Å²) in [6, 6.07) is 21.6. The third kappa shape index (κ3) is 5.10. The molecule has 1 amide bonds. The van der Waals surface area contributed by atoms with Crippen LogP contribution in [-0.4, -0.2) is 45.6 Å². The van der Waals surface area contributed by atoms with Gasteiger partial charge in [0.05, 0.1) is 24.0 Å². The van der Waals surface area contributed by atoms with E-state index in [-0.39, 0.29) is 5.91 Å². The Morgan fingerprint density at radius 1 is 1.11 bits per heavy atom. The number of para-hydroxylation sites is 1. The van der Waals surface area contributed by atoms with Crippen molar-refractivity contribution in [2.24, 2.45) is 0 Å². The number of carbonyl (C=O) groups is 1. The first-order valence-corrected chi connectivity index (χ1v) is 13.4. The zero-order valence-corrected chi connectivity index (χ0v) is 21.8. The maximum atomic E-state index is 13.3. The number of hydrogen-bond donors (Lipinski definition) is 2. The minimum atomic E-state index is -1.57. The number of rotatable bonds is 6. The van der Waals surface area contributed by atoms with Crippen LogP contribution in [0.4, 0.5) is 5.69 Å². The van der Waals surface area contributed by atoms with Crippen molar-refractivity contribution in [2.75, 3.05) is 24.9 Å². The molecule has 0 bridgehead atoms. The van der Waals surface area contributed by atoms with Gasteiger partial charge in [-0.05, 0) is 43.2 Å². The predicted octanol–water partition coefficient (Wildman–Crippen LogP) is 5.16. The second-order valence-corrected chi connectivity index (χ2v) is 10.5. The highest BCUT2D eigenvalue weighted by Gasteiger charge is 2.37. The first-order valence-electron chi connectivity index (χ1n) is 11.9. The summed E-state index contributed by atoms with van der Waals surface area (Å²) < 4.78 is 21.6. The number of likely N-dealkylation sites (tertiary alicyclic amines) is 1. The number of halogens is 1. The highest BCUT2D eigenvalue weighted by molar-refractivity contribution is 7.93. The number of nitrogens with zero attached hydrogens (tertiary/aromatic N) is 2. The van der Waals surface area contributed by atoms with Gasteiger partial charge in [0.25, 0.3) is 5.91 Å². The standard InChI is InChI=1S/C28H26ClN3O4S/c1-36-24-18-20(31-37(35)25-10-4-6-19-7-5-15-30-26(19)25)11-12-21(24)27(33)32-16-13-28(34,14-17-32)22-8-2-3-9-23(22)29/h2-12,15,18,31,34H,13-14,16-17H2,1H3. The summed E-state index contributed by atoms with van der Waals surface area (Å²) in [4.78, 5) is 20.0. The van der Waals surface area contributed by atoms with Crippen molar-refractivity contribution in [3.63, 3.8) is 0 Å². The molecule has 190 valence electrons. The Kier molecular flexibility index (Phi) is 7.26. The highest BCUT2D eigenvalue weighted by Crippen LogP contribution is 2.37. The Balaban J connectivity index is 1.30. The number of hydrogen-bond acceptors (Lipinski definition) is 6. The van der Waals surface area contributed by atoms with Crippen LogP contribution < -0.4 is 9.46 Å². The van der Waals surface area contributed by atoms with Crippen molar-refractivity contribution >= 4 is 45.5 Å². The Morgan fingerprint density at radius 3 is 2.62 bits per heavy atom. The lowest BCUT2D eigenvalue weighted by molar-refractivity contribution is -0.0211. The molecular weight excluding hydrogens is 510 g/mol. The summed E-state index contributed by atoms with van der Waals surface area (Å²) in [5.41, 5.74) is 1.22. The first-order chi connectivity index (χ1) is 17.9. The van der Waals surface area contributed by atoms with Gasteiger partial charge in [0.1, 0.15) is 22.6 Å². The summed E-state index contributed by atoms with van der Waals surface area (Å²) in [5.74, 6) is 0.180. The van der Waals surface area contributed by atoms with E-state index in [2.05, 4.69) is 9.71 Å². The van der Waals surface area contributed by atoms with Gasteiger partial charge in [-0.1, -0.05) is 48.0 Å². The molecule has 7 nitrogen and oxygen atoms in total. The zero-order chi connectivity index (χ0) is 26.0. The third-order valence-electron chi connectivity index (χ3n) is 6.69. The molecule has 37 heavy (non-hydrogen) atoms. The van der Waals surface area contributed by atoms with Crippen LogP contribution in [0.15, 0.2) is 83.9 Å². The number of amides is 1. The van der Waals surface area contributed by atoms with Crippen LogP contribution in [0.2, 0.25) is 5.02 Å². The fraction of sp³-hybridized carbons (Fsp3) is 0.214. The molecule has 1 aliphatic heterocycles. The van der Waals surface area contributed by atoms with Crippen LogP contribution in [0.5, 0.6) is 5.75 Å². The molecule has 1 unspecified atom stereocenters. The summed E-state index contributed by atoms with van der Waals surface area (Å²) in [6.07, 6.45) is 2.42. The molecule has 5 rings (SSSR count). The number of nitrogens with one attached hydrogen (secondary N) is 1. The van der Waals surface area contributed by atoms with E-state index < -0.39 is 17.0 Å². The third-order valence-corrected chi connectivity index (χ3v) is 8.17. The Bertz CT molecular complexity index is 1440. The molecular formula is C28H26ClN3O4S. The minimum Gasteiger partial charge on any atom is -0.588 e. The van der Waals surface area contributed by atoms with Crippen LogP contribution >= 0.6 is 11.6 Å². The SMILES string of the molecule is COc1cc(N[S+]([O-])c2cccc3cccnc23)ccc1C(=O)N1CCC(O)(c2ccccc2Cl)CC1. The molecule has 0 radical (unpaired) electrons. The lowest BCUT2D eigenvalue weighted by Gasteiger charge is -2.39. The molecule has 1 aliphatic rings. The van der Waals surface area contributed by atoms with Gasteiger partial charge in [-0.25, -0.2) is 4.72 Å². The maximum Gasteiger partial charge on any atom is 0.257 e. The molecule has 3 aromatic carbocycles. The molecule has 9 heteroatoms. The fourth-order valence-electron chi connectivity index (χ4n) is 4.68. The van der Waals surface area contributed by atoms with Gasteiger partial charge >= 0.3 is 0 Å². The number of aromatic nitrogens is 1. The predicted molar refractivity (Wildman–Crippen MR) is 145 cm³/mol. The van der Waals surface area contributed by atoms with Crippen LogP contribution in [0.1, 0.15) is 28.8 Å². The normalized spacial score (nSPS) is 15.8. The molecule has 1 atom stereocenters. The lowest BCUT2D eigenvalue weighted by atomic mass is 9.84. The lowest BCUT2D eigenvalue weighted by Crippen LogP contribution is -2.45. The second kappa shape index (κ2) is 10.6. The van der Waals surface area contributed by atoms with Gasteiger partial charge < -0.3 is 19.3 Å². The number of piperidine rings is 1. The molecule has 0 saturated carbocycles. The molecule has 2 N–H and O–H groups in total. The number of ether oxygens (including phenoxy) is 1. The number of benzene rings is 3. The molecule has 1 aromatic heterocycles. The molecule has 1 fully saturated rings. The zero-order valence-electron chi connectivity index (χ0n) is 20.2. The van der Waals surface area contributed by atoms with E-state index in [1.165, 1.54) is 7.11 Å². The van der Waals surface area contributed by atoms with Crippen LogP contribution in [0.3, 0.4) is 0 Å². The largest absolute Gasteiger partial charge is 0.588 e. The van der Waals surface area contributed by atoms with Gasteiger partial charge in [-0.3, -0.25) is 9.78 Å². The van der Waals surface area contributed by atoms with Gasteiger partial charge in [-0.15, -0.1) is 0 Å². The summed E-state index contributed by atoms with van der Waals surface area (Å²) in [7, 11) is 1.49. The van der Waals surface area contributed by atoms with E-state index in [1.54, 1.807) is 41.4 Å². The van der Waals surface area contributed by atoms with Gasteiger partial charge in [0, 0.05) is 41.3 Å². The molecule has 1 saturated heterocycles. The Morgan fingerprint density at radius 2 is 1.86 bits per heavy atom. The minimum absolute atomic E-state index is 0.191. The number of pyridine rings is 1. The van der Waals surface area contributed by atoms with E-state index in [0.717, 1.165) is 5.39 Å². The van der Waals surface area contributed by atoms with Crippen molar-refractivity contribution in [2.45, 2.75) is 23.3 Å². The average molecular weight is 536 g/mol. The fourth-order valence-corrected chi connectivity index (χ4v) is 5.99. The number of carbonyl (C=O) groups excluding carboxylic acids is 1. The van der Waals surface area contributed by atoms with Crippen molar-refractivity contribution in [1.29, 1.82) is 0 Å². The van der Waals surface area contributed by atoms with Crippen molar-refractivity contribution < 1.29 is 19.2 Å². The van der Waals surface area contributed by atoms with Crippen LogP contribution in [0, 0.1) is 0 Å². The van der Waals surface area contributed by atoms with Crippen LogP contribution in [-0.2, 0) is 17.0 Å². The monoisotopic (exact) mass is 535 g/mol. The Labute approximate surface area is 223 Å². The highest BCUT2D eigenvalue weighted by atomic mass is 35.5. The molecule has 0 spiro atoms. The van der Waals surface area contributed by atoms with E-state index in [1.807, 2.05) is 42.5 Å². The molecule has 2 heterocycles. The first kappa shape index (κ1) is 25.4. The smallest absolute Gasteiger partial charge is 0.257 e. The van der Waals surface area contributed by atoms with Gasteiger partial charge in [0.15, 0.2) is 0 Å². The van der Waals surface area contributed by atoms with E-state index in [9.17, 15) is 14.5 Å². The topological polar surface area (TPSA) is 97.8 Å². The number of aliphatic hydroxyl groups is 1. The molecule has 0 aliphatic carbocycles. The van der Waals surface area contributed by atoms with Gasteiger partial charge in [-0.2, -0.15) is 0 Å². The number of methoxy groups -OCH3 is 1. The van der Waals surface area contributed by atoms with E-state index in [0.29, 0.717) is 63.9 Å².